The number of hydrogen-bond acceptors (Lipinski definition) is 5. The van der Waals surface area contributed by atoms with Gasteiger partial charge in [-0.3, -0.25) is 14.4 Å². The third kappa shape index (κ3) is 5.47. The highest BCUT2D eigenvalue weighted by Gasteiger charge is 2.38. The molecular formula is C12H20O5. The SMILES string of the molecule is CCCC(=O)OC(C)(OC(=O)CCC)C(C)=O. The summed E-state index contributed by atoms with van der Waals surface area (Å²) in [5.41, 5.74) is 0. The number of esters is 2. The Bertz CT molecular complexity index is 275. The second-order valence-corrected chi connectivity index (χ2v) is 3.95. The monoisotopic (exact) mass is 244 g/mol. The van der Waals surface area contributed by atoms with E-state index < -0.39 is 23.5 Å². The van der Waals surface area contributed by atoms with Crippen LogP contribution in [0.25, 0.3) is 0 Å². The van der Waals surface area contributed by atoms with Gasteiger partial charge in [0.2, 0.25) is 5.78 Å². The molecule has 0 radical (unpaired) electrons. The summed E-state index contributed by atoms with van der Waals surface area (Å²) >= 11 is 0. The number of ketones is 1. The maximum atomic E-state index is 11.4. The minimum atomic E-state index is -1.79. The first-order valence-corrected chi connectivity index (χ1v) is 5.80. The van der Waals surface area contributed by atoms with Crippen molar-refractivity contribution in [3.8, 4) is 0 Å². The Kier molecular flexibility index (Phi) is 6.46. The molecule has 0 saturated heterocycles. The molecule has 0 aliphatic carbocycles. The maximum Gasteiger partial charge on any atom is 0.313 e. The van der Waals surface area contributed by atoms with Gasteiger partial charge in [-0.2, -0.15) is 0 Å². The molecule has 0 rings (SSSR count). The van der Waals surface area contributed by atoms with Crippen LogP contribution >= 0.6 is 0 Å². The molecule has 0 aromatic heterocycles. The summed E-state index contributed by atoms with van der Waals surface area (Å²) in [6.45, 7) is 6.14. The minimum absolute atomic E-state index is 0.189. The van der Waals surface area contributed by atoms with Crippen molar-refractivity contribution in [2.24, 2.45) is 0 Å². The van der Waals surface area contributed by atoms with Crippen LogP contribution in [0.3, 0.4) is 0 Å². The van der Waals surface area contributed by atoms with Crippen LogP contribution in [0.15, 0.2) is 0 Å². The van der Waals surface area contributed by atoms with Crippen molar-refractivity contribution in [1.82, 2.24) is 0 Å². The van der Waals surface area contributed by atoms with E-state index in [0.29, 0.717) is 12.8 Å². The van der Waals surface area contributed by atoms with Crippen LogP contribution in [0.5, 0.6) is 0 Å². The molecule has 0 atom stereocenters. The zero-order chi connectivity index (χ0) is 13.5. The fourth-order valence-electron chi connectivity index (χ4n) is 1.11. The van der Waals surface area contributed by atoms with Gasteiger partial charge >= 0.3 is 17.7 Å². The molecule has 17 heavy (non-hydrogen) atoms. The van der Waals surface area contributed by atoms with E-state index in [-0.39, 0.29) is 12.8 Å². The topological polar surface area (TPSA) is 69.7 Å². The van der Waals surface area contributed by atoms with Gasteiger partial charge < -0.3 is 9.47 Å². The van der Waals surface area contributed by atoms with Gasteiger partial charge in [0.15, 0.2) is 0 Å². The number of carbonyl (C=O) groups is 3. The summed E-state index contributed by atoms with van der Waals surface area (Å²) in [6.07, 6.45) is 1.59. The highest BCUT2D eigenvalue weighted by atomic mass is 16.7. The molecule has 0 spiro atoms. The summed E-state index contributed by atoms with van der Waals surface area (Å²) in [5, 5.41) is 0. The summed E-state index contributed by atoms with van der Waals surface area (Å²) in [7, 11) is 0. The lowest BCUT2D eigenvalue weighted by Crippen LogP contribution is -2.43. The van der Waals surface area contributed by atoms with Gasteiger partial charge in [0.1, 0.15) is 0 Å². The van der Waals surface area contributed by atoms with Crippen molar-refractivity contribution in [3.05, 3.63) is 0 Å². The van der Waals surface area contributed by atoms with Crippen LogP contribution in [-0.4, -0.2) is 23.5 Å². The number of ether oxygens (including phenoxy) is 2. The molecule has 0 heterocycles. The van der Waals surface area contributed by atoms with Gasteiger partial charge in [0.25, 0.3) is 0 Å². The molecule has 0 fully saturated rings. The first-order chi connectivity index (χ1) is 7.85. The molecule has 0 aliphatic rings. The van der Waals surface area contributed by atoms with Crippen LogP contribution < -0.4 is 0 Å². The van der Waals surface area contributed by atoms with Gasteiger partial charge in [-0.25, -0.2) is 0 Å². The molecule has 0 aromatic carbocycles. The van der Waals surface area contributed by atoms with E-state index in [1.54, 1.807) is 0 Å². The van der Waals surface area contributed by atoms with Gasteiger partial charge in [-0.05, 0) is 12.8 Å². The maximum absolute atomic E-state index is 11.4. The average molecular weight is 244 g/mol. The average Bonchev–Trinajstić information content (AvgIpc) is 2.17. The Labute approximate surface area is 101 Å². The smallest absolute Gasteiger partial charge is 0.313 e. The quantitative estimate of drug-likeness (QED) is 0.506. The lowest BCUT2D eigenvalue weighted by Gasteiger charge is -2.26. The van der Waals surface area contributed by atoms with E-state index in [9.17, 15) is 14.4 Å². The van der Waals surface area contributed by atoms with E-state index in [1.807, 2.05) is 13.8 Å². The van der Waals surface area contributed by atoms with Crippen LogP contribution in [0, 0.1) is 0 Å². The van der Waals surface area contributed by atoms with Crippen molar-refractivity contribution in [1.29, 1.82) is 0 Å². The van der Waals surface area contributed by atoms with Crippen LogP contribution in [0.2, 0.25) is 0 Å². The van der Waals surface area contributed by atoms with Crippen LogP contribution in [-0.2, 0) is 23.9 Å². The van der Waals surface area contributed by atoms with Crippen LogP contribution in [0.1, 0.15) is 53.4 Å². The third-order valence-corrected chi connectivity index (χ3v) is 2.16. The summed E-state index contributed by atoms with van der Waals surface area (Å²) < 4.78 is 9.85. The summed E-state index contributed by atoms with van der Waals surface area (Å²) in [4.78, 5) is 34.1. The molecule has 0 saturated carbocycles. The number of rotatable bonds is 7. The Hall–Kier alpha value is -1.39. The van der Waals surface area contributed by atoms with E-state index in [0.717, 1.165) is 0 Å². The first kappa shape index (κ1) is 15.6. The molecule has 0 aromatic rings. The van der Waals surface area contributed by atoms with E-state index >= 15 is 0 Å². The van der Waals surface area contributed by atoms with Crippen molar-refractivity contribution in [3.63, 3.8) is 0 Å². The van der Waals surface area contributed by atoms with Gasteiger partial charge in [0.05, 0.1) is 0 Å². The molecule has 5 nitrogen and oxygen atoms in total. The molecule has 0 bridgehead atoms. The molecule has 0 N–H and O–H groups in total. The zero-order valence-electron chi connectivity index (χ0n) is 10.9. The van der Waals surface area contributed by atoms with Crippen molar-refractivity contribution in [2.75, 3.05) is 0 Å². The van der Waals surface area contributed by atoms with Crippen LogP contribution in [0.4, 0.5) is 0 Å². The Morgan fingerprint density at radius 1 is 0.941 bits per heavy atom. The second kappa shape index (κ2) is 7.04. The Morgan fingerprint density at radius 2 is 1.29 bits per heavy atom. The fourth-order valence-corrected chi connectivity index (χ4v) is 1.11. The standard InChI is InChI=1S/C12H20O5/c1-5-7-10(14)16-12(4,9(3)13)17-11(15)8-6-2/h5-8H2,1-4H3. The molecule has 0 unspecified atom stereocenters. The van der Waals surface area contributed by atoms with Gasteiger partial charge in [-0.15, -0.1) is 0 Å². The van der Waals surface area contributed by atoms with E-state index in [2.05, 4.69) is 0 Å². The normalized spacial score (nSPS) is 10.8. The Morgan fingerprint density at radius 3 is 1.53 bits per heavy atom. The summed E-state index contributed by atoms with van der Waals surface area (Å²) in [5.74, 6) is -3.39. The highest BCUT2D eigenvalue weighted by molar-refractivity contribution is 5.88. The number of hydrogen-bond donors (Lipinski definition) is 0. The first-order valence-electron chi connectivity index (χ1n) is 5.80. The lowest BCUT2D eigenvalue weighted by atomic mass is 10.2. The fraction of sp³-hybridized carbons (Fsp3) is 0.750. The predicted molar refractivity (Wildman–Crippen MR) is 61.1 cm³/mol. The number of carbonyl (C=O) groups excluding carboxylic acids is 3. The Balaban J connectivity index is 4.62. The summed E-state index contributed by atoms with van der Waals surface area (Å²) in [6, 6.07) is 0. The second-order valence-electron chi connectivity index (χ2n) is 3.95. The minimum Gasteiger partial charge on any atom is -0.415 e. The van der Waals surface area contributed by atoms with Crippen molar-refractivity contribution >= 4 is 17.7 Å². The molecule has 0 amide bonds. The third-order valence-electron chi connectivity index (χ3n) is 2.16. The van der Waals surface area contributed by atoms with Gasteiger partial charge in [-0.1, -0.05) is 13.8 Å². The molecule has 5 heteroatoms. The zero-order valence-corrected chi connectivity index (χ0v) is 10.9. The molecule has 98 valence electrons. The van der Waals surface area contributed by atoms with Gasteiger partial charge in [0, 0.05) is 26.7 Å². The molecular weight excluding hydrogens is 224 g/mol. The van der Waals surface area contributed by atoms with E-state index in [1.165, 1.54) is 13.8 Å². The predicted octanol–water partition coefficient (Wildman–Crippen LogP) is 1.98. The largest absolute Gasteiger partial charge is 0.415 e. The van der Waals surface area contributed by atoms with Crippen molar-refractivity contribution in [2.45, 2.75) is 59.2 Å². The lowest BCUT2D eigenvalue weighted by molar-refractivity contribution is -0.220. The number of Topliss-reactive ketones (excluding diaryl/α,β-unsaturated/α-hetero) is 1. The van der Waals surface area contributed by atoms with E-state index in [4.69, 9.17) is 9.47 Å². The van der Waals surface area contributed by atoms with Crippen molar-refractivity contribution < 1.29 is 23.9 Å². The molecule has 0 aliphatic heterocycles. The highest BCUT2D eigenvalue weighted by Crippen LogP contribution is 2.17.